The maximum Gasteiger partial charge on any atom is 0.234 e. The van der Waals surface area contributed by atoms with Crippen molar-refractivity contribution < 1.29 is 6.22 Å². The Bertz CT molecular complexity index is 399. The SMILES string of the molecule is CCC.Cc1ccc2c(c1)NC(=O)C2(C)C.[HH]. The molecule has 0 aliphatic carbocycles. The molecule has 90 valence electrons. The van der Waals surface area contributed by atoms with E-state index in [1.54, 1.807) is 0 Å². The zero-order valence-electron chi connectivity index (χ0n) is 10.8. The minimum absolute atomic E-state index is 0. The van der Waals surface area contributed by atoms with E-state index in [9.17, 15) is 4.79 Å². The molecule has 1 aromatic carbocycles. The van der Waals surface area contributed by atoms with Crippen molar-refractivity contribution in [2.45, 2.75) is 46.5 Å². The van der Waals surface area contributed by atoms with Crippen molar-refractivity contribution in [3.05, 3.63) is 29.3 Å². The molecule has 16 heavy (non-hydrogen) atoms. The maximum atomic E-state index is 11.6. The molecule has 0 radical (unpaired) electrons. The van der Waals surface area contributed by atoms with E-state index >= 15 is 0 Å². The Morgan fingerprint density at radius 1 is 1.31 bits per heavy atom. The highest BCUT2D eigenvalue weighted by atomic mass is 16.2. The first-order chi connectivity index (χ1) is 7.43. The summed E-state index contributed by atoms with van der Waals surface area (Å²) >= 11 is 0. The average molecular weight is 221 g/mol. The zero-order valence-corrected chi connectivity index (χ0v) is 10.8. The monoisotopic (exact) mass is 221 g/mol. The van der Waals surface area contributed by atoms with Gasteiger partial charge in [-0.05, 0) is 38.0 Å². The molecule has 1 aliphatic heterocycles. The Kier molecular flexibility index (Phi) is 3.74. The summed E-state index contributed by atoms with van der Waals surface area (Å²) < 4.78 is 0. The molecular formula is C14H23NO. The van der Waals surface area contributed by atoms with Gasteiger partial charge in [-0.25, -0.2) is 0 Å². The Balaban J connectivity index is 0.000000583. The van der Waals surface area contributed by atoms with Crippen molar-refractivity contribution in [1.82, 2.24) is 0 Å². The predicted octanol–water partition coefficient (Wildman–Crippen LogP) is 3.89. The highest BCUT2D eigenvalue weighted by molar-refractivity contribution is 6.05. The van der Waals surface area contributed by atoms with Crippen molar-refractivity contribution in [3.8, 4) is 0 Å². The molecular weight excluding hydrogens is 198 g/mol. The van der Waals surface area contributed by atoms with Crippen molar-refractivity contribution in [1.29, 1.82) is 0 Å². The molecule has 2 nitrogen and oxygen atoms in total. The molecule has 1 aliphatic rings. The van der Waals surface area contributed by atoms with E-state index in [1.165, 1.54) is 12.0 Å². The minimum Gasteiger partial charge on any atom is -0.325 e. The summed E-state index contributed by atoms with van der Waals surface area (Å²) in [6.07, 6.45) is 1.25. The maximum absolute atomic E-state index is 11.6. The molecule has 0 saturated carbocycles. The van der Waals surface area contributed by atoms with Crippen molar-refractivity contribution in [2.24, 2.45) is 0 Å². The highest BCUT2D eigenvalue weighted by Gasteiger charge is 2.37. The van der Waals surface area contributed by atoms with E-state index in [0.717, 1.165) is 11.3 Å². The molecule has 1 heterocycles. The molecule has 2 rings (SSSR count). The summed E-state index contributed by atoms with van der Waals surface area (Å²) in [5.41, 5.74) is 2.87. The van der Waals surface area contributed by atoms with E-state index in [2.05, 4.69) is 19.2 Å². The van der Waals surface area contributed by atoms with Crippen LogP contribution in [0.25, 0.3) is 0 Å². The first-order valence-corrected chi connectivity index (χ1v) is 5.86. The lowest BCUT2D eigenvalue weighted by Gasteiger charge is -2.14. The molecule has 1 amide bonds. The van der Waals surface area contributed by atoms with Gasteiger partial charge in [0, 0.05) is 7.11 Å². The molecule has 0 unspecified atom stereocenters. The first kappa shape index (κ1) is 12.8. The number of carbonyl (C=O) groups is 1. The van der Waals surface area contributed by atoms with Crippen LogP contribution in [0.5, 0.6) is 0 Å². The molecule has 0 saturated heterocycles. The van der Waals surface area contributed by atoms with E-state index in [4.69, 9.17) is 0 Å². The van der Waals surface area contributed by atoms with E-state index in [1.807, 2.05) is 39.0 Å². The summed E-state index contributed by atoms with van der Waals surface area (Å²) in [5, 5.41) is 2.89. The lowest BCUT2D eigenvalue weighted by Crippen LogP contribution is -2.26. The molecule has 0 aromatic heterocycles. The number of nitrogens with one attached hydrogen (secondary N) is 1. The topological polar surface area (TPSA) is 29.1 Å². The van der Waals surface area contributed by atoms with E-state index < -0.39 is 0 Å². The normalized spacial score (nSPS) is 15.9. The number of amides is 1. The number of benzene rings is 1. The van der Waals surface area contributed by atoms with Gasteiger partial charge in [-0.1, -0.05) is 32.4 Å². The van der Waals surface area contributed by atoms with Crippen LogP contribution >= 0.6 is 0 Å². The van der Waals surface area contributed by atoms with Gasteiger partial charge in [0.2, 0.25) is 5.91 Å². The number of aryl methyl sites for hydroxylation is 1. The van der Waals surface area contributed by atoms with Gasteiger partial charge >= 0.3 is 0 Å². The molecule has 2 heteroatoms. The van der Waals surface area contributed by atoms with Gasteiger partial charge in [-0.15, -0.1) is 0 Å². The van der Waals surface area contributed by atoms with Crippen LogP contribution in [0.1, 0.15) is 46.7 Å². The number of rotatable bonds is 0. The summed E-state index contributed by atoms with van der Waals surface area (Å²) in [4.78, 5) is 11.6. The van der Waals surface area contributed by atoms with Crippen LogP contribution in [0.4, 0.5) is 5.69 Å². The molecule has 0 atom stereocenters. The summed E-state index contributed by atoms with van der Waals surface area (Å²) in [5.74, 6) is 0.0908. The fraction of sp³-hybridized carbons (Fsp3) is 0.500. The van der Waals surface area contributed by atoms with Crippen LogP contribution in [-0.4, -0.2) is 5.91 Å². The van der Waals surface area contributed by atoms with Gasteiger partial charge in [-0.2, -0.15) is 0 Å². The predicted molar refractivity (Wildman–Crippen MR) is 70.9 cm³/mol. The van der Waals surface area contributed by atoms with Gasteiger partial charge in [-0.3, -0.25) is 4.79 Å². The minimum atomic E-state index is -0.372. The fourth-order valence-corrected chi connectivity index (χ4v) is 1.71. The highest BCUT2D eigenvalue weighted by Crippen LogP contribution is 2.37. The number of anilines is 1. The van der Waals surface area contributed by atoms with Crippen molar-refractivity contribution in [2.75, 3.05) is 5.32 Å². The standard InChI is InChI=1S/C11H13NO.C3H8.H2/c1-7-4-5-8-9(6-7)12-10(13)11(8,2)3;1-3-2;/h4-6H,1-3H3,(H,12,13);3H2,1-2H3;1H. The third kappa shape index (κ3) is 2.26. The van der Waals surface area contributed by atoms with Gasteiger partial charge in [0.05, 0.1) is 5.41 Å². The first-order valence-electron chi connectivity index (χ1n) is 5.86. The third-order valence-electron chi connectivity index (χ3n) is 2.66. The number of fused-ring (bicyclic) bond motifs is 1. The van der Waals surface area contributed by atoms with Gasteiger partial charge < -0.3 is 5.32 Å². The van der Waals surface area contributed by atoms with Crippen LogP contribution in [-0.2, 0) is 10.2 Å². The smallest absolute Gasteiger partial charge is 0.234 e. The second-order valence-corrected chi connectivity index (χ2v) is 4.84. The largest absolute Gasteiger partial charge is 0.325 e. The van der Waals surface area contributed by atoms with Gasteiger partial charge in [0.15, 0.2) is 0 Å². The van der Waals surface area contributed by atoms with Crippen LogP contribution in [0.3, 0.4) is 0 Å². The van der Waals surface area contributed by atoms with Crippen LogP contribution in [0.2, 0.25) is 0 Å². The van der Waals surface area contributed by atoms with Crippen molar-refractivity contribution in [3.63, 3.8) is 0 Å². The number of hydrogen-bond donors (Lipinski definition) is 1. The zero-order chi connectivity index (χ0) is 12.3. The third-order valence-corrected chi connectivity index (χ3v) is 2.66. The second kappa shape index (κ2) is 4.69. The Hall–Kier alpha value is -1.31. The molecule has 0 fully saturated rings. The summed E-state index contributed by atoms with van der Waals surface area (Å²) in [6.45, 7) is 10.2. The van der Waals surface area contributed by atoms with E-state index in [-0.39, 0.29) is 12.7 Å². The van der Waals surface area contributed by atoms with Crippen molar-refractivity contribution >= 4 is 11.6 Å². The number of hydrogen-bond acceptors (Lipinski definition) is 1. The molecule has 1 N–H and O–H groups in total. The molecule has 1 aromatic rings. The van der Waals surface area contributed by atoms with E-state index in [0.29, 0.717) is 0 Å². The Morgan fingerprint density at radius 2 is 1.88 bits per heavy atom. The molecule has 0 bridgehead atoms. The van der Waals surface area contributed by atoms with Gasteiger partial charge in [0.25, 0.3) is 0 Å². The second-order valence-electron chi connectivity index (χ2n) is 4.84. The molecule has 0 spiro atoms. The van der Waals surface area contributed by atoms with Crippen LogP contribution in [0.15, 0.2) is 18.2 Å². The lowest BCUT2D eigenvalue weighted by molar-refractivity contribution is -0.119. The summed E-state index contributed by atoms with van der Waals surface area (Å²) in [6, 6.07) is 6.09. The van der Waals surface area contributed by atoms with Crippen LogP contribution < -0.4 is 5.32 Å². The summed E-state index contributed by atoms with van der Waals surface area (Å²) in [7, 11) is 0. The quantitative estimate of drug-likeness (QED) is 0.707. The average Bonchev–Trinajstić information content (AvgIpc) is 2.38. The lowest BCUT2D eigenvalue weighted by atomic mass is 9.86. The number of carbonyl (C=O) groups excluding carboxylic acids is 1. The van der Waals surface area contributed by atoms with Gasteiger partial charge in [0.1, 0.15) is 0 Å². The Labute approximate surface area is 99.5 Å². The Morgan fingerprint density at radius 3 is 2.44 bits per heavy atom. The fourth-order valence-electron chi connectivity index (χ4n) is 1.71. The van der Waals surface area contributed by atoms with Crippen LogP contribution in [0, 0.1) is 6.92 Å².